The fourth-order valence-corrected chi connectivity index (χ4v) is 2.08. The molecule has 0 spiro atoms. The first-order valence-electron chi connectivity index (χ1n) is 4.03. The van der Waals surface area contributed by atoms with Gasteiger partial charge in [-0.3, -0.25) is 0 Å². The number of anilines is 1. The van der Waals surface area contributed by atoms with Crippen molar-refractivity contribution in [1.82, 2.24) is 10.2 Å². The van der Waals surface area contributed by atoms with Crippen molar-refractivity contribution < 1.29 is 4.74 Å². The lowest BCUT2D eigenvalue weighted by molar-refractivity contribution is 0.0802. The van der Waals surface area contributed by atoms with Crippen LogP contribution in [-0.4, -0.2) is 23.4 Å². The Morgan fingerprint density at radius 1 is 1.50 bits per heavy atom. The zero-order valence-electron chi connectivity index (χ0n) is 6.69. The molecular weight excluding hydrogens is 174 g/mol. The summed E-state index contributed by atoms with van der Waals surface area (Å²) in [6, 6.07) is 0. The van der Waals surface area contributed by atoms with Crippen LogP contribution < -0.4 is 5.73 Å². The third-order valence-corrected chi connectivity index (χ3v) is 2.88. The van der Waals surface area contributed by atoms with Gasteiger partial charge in [0.15, 0.2) is 0 Å². The smallest absolute Gasteiger partial charge is 0.203 e. The molecule has 0 bridgehead atoms. The van der Waals surface area contributed by atoms with Crippen molar-refractivity contribution in [1.29, 1.82) is 0 Å². The maximum absolute atomic E-state index is 5.49. The number of nitrogens with two attached hydrogens (primary N) is 1. The van der Waals surface area contributed by atoms with Gasteiger partial charge in [0.05, 0.1) is 6.61 Å². The number of hydrogen-bond donors (Lipinski definition) is 1. The molecule has 1 fully saturated rings. The summed E-state index contributed by atoms with van der Waals surface area (Å²) in [7, 11) is 0. The number of rotatable bonds is 1. The SMILES string of the molecule is Nc1nnc(C2CCCOC2)s1. The van der Waals surface area contributed by atoms with Gasteiger partial charge in [-0.2, -0.15) is 0 Å². The van der Waals surface area contributed by atoms with Crippen molar-refractivity contribution in [2.75, 3.05) is 18.9 Å². The second kappa shape index (κ2) is 3.37. The number of aromatic nitrogens is 2. The topological polar surface area (TPSA) is 61.0 Å². The molecular formula is C7H11N3OS. The molecule has 12 heavy (non-hydrogen) atoms. The summed E-state index contributed by atoms with van der Waals surface area (Å²) < 4.78 is 5.34. The van der Waals surface area contributed by atoms with Gasteiger partial charge in [0.1, 0.15) is 5.01 Å². The molecule has 1 saturated heterocycles. The summed E-state index contributed by atoms with van der Waals surface area (Å²) in [5, 5.41) is 9.36. The second-order valence-corrected chi connectivity index (χ2v) is 3.93. The third-order valence-electron chi connectivity index (χ3n) is 1.97. The van der Waals surface area contributed by atoms with Gasteiger partial charge in [-0.05, 0) is 12.8 Å². The Labute approximate surface area is 74.8 Å². The van der Waals surface area contributed by atoms with E-state index < -0.39 is 0 Å². The summed E-state index contributed by atoms with van der Waals surface area (Å²) in [6.45, 7) is 1.65. The predicted octanol–water partition coefficient (Wildman–Crippen LogP) is 1.01. The van der Waals surface area contributed by atoms with Crippen LogP contribution in [0.3, 0.4) is 0 Å². The Hall–Kier alpha value is -0.680. The van der Waals surface area contributed by atoms with Gasteiger partial charge in [-0.15, -0.1) is 10.2 Å². The number of nitrogen functional groups attached to an aromatic ring is 1. The van der Waals surface area contributed by atoms with Gasteiger partial charge in [-0.1, -0.05) is 11.3 Å². The summed E-state index contributed by atoms with van der Waals surface area (Å²) in [4.78, 5) is 0. The molecule has 0 aromatic carbocycles. The fraction of sp³-hybridized carbons (Fsp3) is 0.714. The number of ether oxygens (including phenoxy) is 1. The van der Waals surface area contributed by atoms with Gasteiger partial charge in [0, 0.05) is 12.5 Å². The Morgan fingerprint density at radius 3 is 3.00 bits per heavy atom. The molecule has 0 aliphatic carbocycles. The van der Waals surface area contributed by atoms with Crippen LogP contribution in [0.5, 0.6) is 0 Å². The molecule has 1 aliphatic rings. The van der Waals surface area contributed by atoms with E-state index in [9.17, 15) is 0 Å². The van der Waals surface area contributed by atoms with Crippen LogP contribution in [0.15, 0.2) is 0 Å². The van der Waals surface area contributed by atoms with Gasteiger partial charge >= 0.3 is 0 Å². The van der Waals surface area contributed by atoms with Crippen molar-refractivity contribution in [3.8, 4) is 0 Å². The van der Waals surface area contributed by atoms with Crippen LogP contribution in [0.4, 0.5) is 5.13 Å². The Bertz CT molecular complexity index is 257. The van der Waals surface area contributed by atoms with Crippen molar-refractivity contribution in [3.63, 3.8) is 0 Å². The number of hydrogen-bond acceptors (Lipinski definition) is 5. The zero-order chi connectivity index (χ0) is 8.39. The molecule has 5 heteroatoms. The molecule has 0 saturated carbocycles. The molecule has 2 heterocycles. The largest absolute Gasteiger partial charge is 0.381 e. The monoisotopic (exact) mass is 185 g/mol. The predicted molar refractivity (Wildman–Crippen MR) is 47.1 cm³/mol. The summed E-state index contributed by atoms with van der Waals surface area (Å²) in [6.07, 6.45) is 2.26. The van der Waals surface area contributed by atoms with E-state index >= 15 is 0 Å². The van der Waals surface area contributed by atoms with Crippen molar-refractivity contribution in [3.05, 3.63) is 5.01 Å². The molecule has 66 valence electrons. The van der Waals surface area contributed by atoms with E-state index in [1.807, 2.05) is 0 Å². The summed E-state index contributed by atoms with van der Waals surface area (Å²) in [5.41, 5.74) is 5.49. The van der Waals surface area contributed by atoms with Crippen molar-refractivity contribution in [2.24, 2.45) is 0 Å². The Balaban J connectivity index is 2.08. The molecule has 1 aromatic rings. The van der Waals surface area contributed by atoms with Crippen LogP contribution in [0.25, 0.3) is 0 Å². The highest BCUT2D eigenvalue weighted by Crippen LogP contribution is 2.28. The first-order chi connectivity index (χ1) is 5.86. The third kappa shape index (κ3) is 1.56. The maximum Gasteiger partial charge on any atom is 0.203 e. The van der Waals surface area contributed by atoms with E-state index in [2.05, 4.69) is 10.2 Å². The van der Waals surface area contributed by atoms with Gasteiger partial charge in [-0.25, -0.2) is 0 Å². The summed E-state index contributed by atoms with van der Waals surface area (Å²) >= 11 is 1.47. The van der Waals surface area contributed by atoms with Gasteiger partial charge < -0.3 is 10.5 Å². The maximum atomic E-state index is 5.49. The van der Waals surface area contributed by atoms with E-state index in [0.29, 0.717) is 11.0 Å². The molecule has 2 rings (SSSR count). The van der Waals surface area contributed by atoms with Crippen molar-refractivity contribution >= 4 is 16.5 Å². The Kier molecular flexibility index (Phi) is 2.23. The lowest BCUT2D eigenvalue weighted by atomic mass is 10.0. The molecule has 0 amide bonds. The van der Waals surface area contributed by atoms with E-state index in [-0.39, 0.29) is 0 Å². The van der Waals surface area contributed by atoms with E-state index in [4.69, 9.17) is 10.5 Å². The van der Waals surface area contributed by atoms with E-state index in [0.717, 1.165) is 31.1 Å². The van der Waals surface area contributed by atoms with Crippen molar-refractivity contribution in [2.45, 2.75) is 18.8 Å². The quantitative estimate of drug-likeness (QED) is 0.709. The standard InChI is InChI=1S/C7H11N3OS/c8-7-10-9-6(12-7)5-2-1-3-11-4-5/h5H,1-4H2,(H2,8,10). The molecule has 1 aliphatic heterocycles. The number of nitrogens with zero attached hydrogens (tertiary/aromatic N) is 2. The lowest BCUT2D eigenvalue weighted by Crippen LogP contribution is -2.15. The highest BCUT2D eigenvalue weighted by molar-refractivity contribution is 7.15. The minimum absolute atomic E-state index is 0.425. The van der Waals surface area contributed by atoms with Gasteiger partial charge in [0.25, 0.3) is 0 Å². The van der Waals surface area contributed by atoms with E-state index in [1.54, 1.807) is 0 Å². The highest BCUT2D eigenvalue weighted by Gasteiger charge is 2.19. The minimum atomic E-state index is 0.425. The normalized spacial score (nSPS) is 24.2. The van der Waals surface area contributed by atoms with E-state index in [1.165, 1.54) is 11.3 Å². The molecule has 2 N–H and O–H groups in total. The summed E-state index contributed by atoms with van der Waals surface area (Å²) in [5.74, 6) is 0.425. The molecule has 1 aromatic heterocycles. The highest BCUT2D eigenvalue weighted by atomic mass is 32.1. The average Bonchev–Trinajstić information content (AvgIpc) is 2.54. The second-order valence-electron chi connectivity index (χ2n) is 2.89. The van der Waals surface area contributed by atoms with Gasteiger partial charge in [0.2, 0.25) is 5.13 Å². The van der Waals surface area contributed by atoms with Crippen LogP contribution in [0.1, 0.15) is 23.8 Å². The van der Waals surface area contributed by atoms with Crippen LogP contribution in [0.2, 0.25) is 0 Å². The fourth-order valence-electron chi connectivity index (χ4n) is 1.35. The van der Waals surface area contributed by atoms with Crippen LogP contribution in [0, 0.1) is 0 Å². The lowest BCUT2D eigenvalue weighted by Gasteiger charge is -2.18. The van der Waals surface area contributed by atoms with Crippen LogP contribution in [-0.2, 0) is 4.74 Å². The molecule has 0 radical (unpaired) electrons. The average molecular weight is 185 g/mol. The first-order valence-corrected chi connectivity index (χ1v) is 4.84. The molecule has 1 atom stereocenters. The Morgan fingerprint density at radius 2 is 2.42 bits per heavy atom. The molecule has 1 unspecified atom stereocenters. The molecule has 4 nitrogen and oxygen atoms in total. The first kappa shape index (κ1) is 7.94. The van der Waals surface area contributed by atoms with Crippen LogP contribution >= 0.6 is 11.3 Å². The zero-order valence-corrected chi connectivity index (χ0v) is 7.51. The minimum Gasteiger partial charge on any atom is -0.381 e.